The summed E-state index contributed by atoms with van der Waals surface area (Å²) in [6.07, 6.45) is 2.06. The van der Waals surface area contributed by atoms with Gasteiger partial charge in [0.1, 0.15) is 9.88 Å². The van der Waals surface area contributed by atoms with Gasteiger partial charge in [0.2, 0.25) is 0 Å². The van der Waals surface area contributed by atoms with Crippen molar-refractivity contribution in [3.05, 3.63) is 39.9 Å². The number of amides is 1. The van der Waals surface area contributed by atoms with Crippen LogP contribution in [0.25, 0.3) is 10.6 Å². The van der Waals surface area contributed by atoms with Crippen molar-refractivity contribution >= 4 is 28.8 Å². The lowest BCUT2D eigenvalue weighted by molar-refractivity contribution is 0.0663. The molecule has 1 amide bonds. The number of hydrogen-bond donors (Lipinski definition) is 0. The summed E-state index contributed by atoms with van der Waals surface area (Å²) in [5.74, 6) is 0.0831. The second-order valence-corrected chi connectivity index (χ2v) is 7.83. The lowest BCUT2D eigenvalue weighted by Crippen LogP contribution is -2.44. The molecule has 128 valence electrons. The highest BCUT2D eigenvalue weighted by molar-refractivity contribution is 7.17. The molecule has 2 aromatic rings. The van der Waals surface area contributed by atoms with Crippen LogP contribution >= 0.6 is 22.9 Å². The van der Waals surface area contributed by atoms with Gasteiger partial charge in [0.05, 0.1) is 5.69 Å². The molecule has 0 aliphatic carbocycles. The summed E-state index contributed by atoms with van der Waals surface area (Å²) < 4.78 is 0. The van der Waals surface area contributed by atoms with Crippen LogP contribution in [0.4, 0.5) is 0 Å². The average molecular weight is 364 g/mol. The third-order valence-corrected chi connectivity index (χ3v) is 6.08. The number of piperidine rings is 1. The summed E-state index contributed by atoms with van der Waals surface area (Å²) in [5.41, 5.74) is 1.79. The summed E-state index contributed by atoms with van der Waals surface area (Å²) >= 11 is 7.41. The summed E-state index contributed by atoms with van der Waals surface area (Å²) in [6, 6.07) is 7.89. The van der Waals surface area contributed by atoms with Gasteiger partial charge in [-0.25, -0.2) is 4.98 Å². The number of aromatic nitrogens is 1. The maximum atomic E-state index is 12.9. The van der Waals surface area contributed by atoms with Crippen molar-refractivity contribution in [2.45, 2.75) is 25.8 Å². The molecule has 4 nitrogen and oxygen atoms in total. The number of halogens is 1. The predicted octanol–water partition coefficient (Wildman–Crippen LogP) is 3.94. The summed E-state index contributed by atoms with van der Waals surface area (Å²) in [5, 5.41) is 1.56. The Hall–Kier alpha value is -1.43. The van der Waals surface area contributed by atoms with Crippen molar-refractivity contribution in [1.82, 2.24) is 14.8 Å². The summed E-state index contributed by atoms with van der Waals surface area (Å²) in [6.45, 7) is 3.99. The van der Waals surface area contributed by atoms with E-state index in [1.807, 2.05) is 43.1 Å². The van der Waals surface area contributed by atoms with Crippen molar-refractivity contribution in [3.63, 3.8) is 0 Å². The first-order chi connectivity index (χ1) is 11.5. The van der Waals surface area contributed by atoms with E-state index in [0.717, 1.165) is 47.1 Å². The molecule has 1 aliphatic heterocycles. The molecule has 1 aromatic heterocycles. The Morgan fingerprint density at radius 3 is 2.54 bits per heavy atom. The number of rotatable bonds is 3. The molecule has 3 rings (SSSR count). The van der Waals surface area contributed by atoms with Crippen molar-refractivity contribution < 1.29 is 4.79 Å². The fraction of sp³-hybridized carbons (Fsp3) is 0.444. The highest BCUT2D eigenvalue weighted by Gasteiger charge is 2.27. The largest absolute Gasteiger partial charge is 0.338 e. The van der Waals surface area contributed by atoms with E-state index in [-0.39, 0.29) is 5.91 Å². The van der Waals surface area contributed by atoms with E-state index in [1.165, 1.54) is 11.3 Å². The topological polar surface area (TPSA) is 36.4 Å². The SMILES string of the molecule is Cc1nc(-c2ccc(Cl)cc2)sc1C(=O)N(C)C1CCN(C)CC1. The monoisotopic (exact) mass is 363 g/mol. The van der Waals surface area contributed by atoms with Crippen molar-refractivity contribution in [2.24, 2.45) is 0 Å². The highest BCUT2D eigenvalue weighted by atomic mass is 35.5. The van der Waals surface area contributed by atoms with E-state index >= 15 is 0 Å². The minimum absolute atomic E-state index is 0.0831. The van der Waals surface area contributed by atoms with Gasteiger partial charge in [-0.05, 0) is 52.0 Å². The molecular formula is C18H22ClN3OS. The molecule has 1 saturated heterocycles. The van der Waals surface area contributed by atoms with Crippen molar-refractivity contribution in [1.29, 1.82) is 0 Å². The lowest BCUT2D eigenvalue weighted by Gasteiger charge is -2.34. The van der Waals surface area contributed by atoms with Crippen LogP contribution in [0.3, 0.4) is 0 Å². The average Bonchev–Trinajstić information content (AvgIpc) is 2.96. The van der Waals surface area contributed by atoms with Gasteiger partial charge in [-0.15, -0.1) is 11.3 Å². The number of hydrogen-bond acceptors (Lipinski definition) is 4. The van der Waals surface area contributed by atoms with Crippen LogP contribution in [-0.4, -0.2) is 53.9 Å². The number of aryl methyl sites for hydroxylation is 1. The molecule has 2 heterocycles. The van der Waals surface area contributed by atoms with E-state index in [0.29, 0.717) is 11.1 Å². The van der Waals surface area contributed by atoms with E-state index < -0.39 is 0 Å². The Morgan fingerprint density at radius 1 is 1.29 bits per heavy atom. The first-order valence-corrected chi connectivity index (χ1v) is 9.34. The molecule has 0 radical (unpaired) electrons. The predicted molar refractivity (Wildman–Crippen MR) is 99.9 cm³/mol. The Morgan fingerprint density at radius 2 is 1.92 bits per heavy atom. The van der Waals surface area contributed by atoms with Gasteiger partial charge in [-0.3, -0.25) is 4.79 Å². The normalized spacial score (nSPS) is 16.3. The number of thiazole rings is 1. The smallest absolute Gasteiger partial charge is 0.265 e. The van der Waals surface area contributed by atoms with E-state index in [4.69, 9.17) is 11.6 Å². The van der Waals surface area contributed by atoms with E-state index in [1.54, 1.807) is 0 Å². The van der Waals surface area contributed by atoms with Crippen LogP contribution in [0.15, 0.2) is 24.3 Å². The molecule has 0 bridgehead atoms. The van der Waals surface area contributed by atoms with Crippen LogP contribution in [0.2, 0.25) is 5.02 Å². The highest BCUT2D eigenvalue weighted by Crippen LogP contribution is 2.30. The molecular weight excluding hydrogens is 342 g/mol. The third-order valence-electron chi connectivity index (χ3n) is 4.64. The molecule has 1 aliphatic rings. The number of nitrogens with zero attached hydrogens (tertiary/aromatic N) is 3. The Labute approximate surface area is 152 Å². The minimum Gasteiger partial charge on any atom is -0.338 e. The van der Waals surface area contributed by atoms with Gasteiger partial charge in [0.15, 0.2) is 0 Å². The van der Waals surface area contributed by atoms with Gasteiger partial charge >= 0.3 is 0 Å². The van der Waals surface area contributed by atoms with Gasteiger partial charge in [0.25, 0.3) is 5.91 Å². The molecule has 1 aromatic carbocycles. The quantitative estimate of drug-likeness (QED) is 0.828. The number of carbonyl (C=O) groups is 1. The van der Waals surface area contributed by atoms with Gasteiger partial charge < -0.3 is 9.80 Å². The van der Waals surface area contributed by atoms with Crippen molar-refractivity contribution in [3.8, 4) is 10.6 Å². The second-order valence-electron chi connectivity index (χ2n) is 6.39. The Balaban J connectivity index is 1.79. The molecule has 0 N–H and O–H groups in total. The fourth-order valence-corrected chi connectivity index (χ4v) is 4.20. The maximum Gasteiger partial charge on any atom is 0.265 e. The molecule has 6 heteroatoms. The van der Waals surface area contributed by atoms with Crippen molar-refractivity contribution in [2.75, 3.05) is 27.2 Å². The second kappa shape index (κ2) is 7.21. The van der Waals surface area contributed by atoms with E-state index in [2.05, 4.69) is 16.9 Å². The number of carbonyl (C=O) groups excluding carboxylic acids is 1. The zero-order valence-corrected chi connectivity index (χ0v) is 15.8. The molecule has 0 saturated carbocycles. The maximum absolute atomic E-state index is 12.9. The lowest BCUT2D eigenvalue weighted by atomic mass is 10.0. The molecule has 0 spiro atoms. The standard InChI is InChI=1S/C18H22ClN3OS/c1-12-16(18(23)22(3)15-8-10-21(2)11-9-15)24-17(20-12)13-4-6-14(19)7-5-13/h4-7,15H,8-11H2,1-3H3. The van der Waals surface area contributed by atoms with Crippen LogP contribution < -0.4 is 0 Å². The Bertz CT molecular complexity index is 720. The molecule has 0 unspecified atom stereocenters. The zero-order valence-electron chi connectivity index (χ0n) is 14.3. The minimum atomic E-state index is 0.0831. The van der Waals surface area contributed by atoms with E-state index in [9.17, 15) is 4.79 Å². The summed E-state index contributed by atoms with van der Waals surface area (Å²) in [4.78, 5) is 22.4. The molecule has 24 heavy (non-hydrogen) atoms. The third kappa shape index (κ3) is 3.63. The van der Waals surface area contributed by atoms with Crippen LogP contribution in [0.5, 0.6) is 0 Å². The van der Waals surface area contributed by atoms with Gasteiger partial charge in [-0.1, -0.05) is 23.7 Å². The fourth-order valence-electron chi connectivity index (χ4n) is 3.02. The Kier molecular flexibility index (Phi) is 5.23. The first kappa shape index (κ1) is 17.4. The van der Waals surface area contributed by atoms with Gasteiger partial charge in [0, 0.05) is 23.7 Å². The zero-order chi connectivity index (χ0) is 17.3. The number of benzene rings is 1. The van der Waals surface area contributed by atoms with Crippen LogP contribution in [0.1, 0.15) is 28.2 Å². The molecule has 1 fully saturated rings. The number of likely N-dealkylation sites (tertiary alicyclic amines) is 1. The van der Waals surface area contributed by atoms with Crippen LogP contribution in [0, 0.1) is 6.92 Å². The summed E-state index contributed by atoms with van der Waals surface area (Å²) in [7, 11) is 4.04. The molecule has 0 atom stereocenters. The van der Waals surface area contributed by atoms with Crippen LogP contribution in [-0.2, 0) is 0 Å². The van der Waals surface area contributed by atoms with Gasteiger partial charge in [-0.2, -0.15) is 0 Å². The first-order valence-electron chi connectivity index (χ1n) is 8.15.